The molecule has 1 unspecified atom stereocenters. The van der Waals surface area contributed by atoms with E-state index in [9.17, 15) is 0 Å². The fraction of sp³-hybridized carbons (Fsp3) is 0.286. The van der Waals surface area contributed by atoms with Gasteiger partial charge in [-0.2, -0.15) is 5.10 Å². The van der Waals surface area contributed by atoms with Crippen molar-refractivity contribution in [3.63, 3.8) is 0 Å². The van der Waals surface area contributed by atoms with Gasteiger partial charge in [-0.05, 0) is 42.5 Å². The first-order chi connectivity index (χ1) is 11.8. The number of nitrogens with one attached hydrogen (secondary N) is 1. The van der Waals surface area contributed by atoms with Gasteiger partial charge in [-0.25, -0.2) is 0 Å². The molecule has 1 aromatic heterocycles. The zero-order valence-corrected chi connectivity index (χ0v) is 14.1. The van der Waals surface area contributed by atoms with E-state index in [-0.39, 0.29) is 0 Å². The third kappa shape index (κ3) is 3.13. The van der Waals surface area contributed by atoms with Crippen molar-refractivity contribution in [1.29, 1.82) is 0 Å². The van der Waals surface area contributed by atoms with Crippen LogP contribution in [0.4, 0.5) is 0 Å². The van der Waals surface area contributed by atoms with Crippen LogP contribution in [0.5, 0.6) is 0 Å². The highest BCUT2D eigenvalue weighted by Crippen LogP contribution is 2.25. The van der Waals surface area contributed by atoms with Crippen molar-refractivity contribution >= 4 is 0 Å². The molecule has 3 nitrogen and oxygen atoms in total. The van der Waals surface area contributed by atoms with Gasteiger partial charge in [0.25, 0.3) is 0 Å². The van der Waals surface area contributed by atoms with Gasteiger partial charge in [0.05, 0.1) is 5.69 Å². The number of aromatic nitrogens is 2. The van der Waals surface area contributed by atoms with E-state index in [0.29, 0.717) is 6.04 Å². The molecule has 0 bridgehead atoms. The first-order valence-corrected chi connectivity index (χ1v) is 8.71. The minimum absolute atomic E-state index is 0.415. The van der Waals surface area contributed by atoms with Gasteiger partial charge >= 0.3 is 0 Å². The monoisotopic (exact) mass is 317 g/mol. The van der Waals surface area contributed by atoms with Gasteiger partial charge in [0.15, 0.2) is 0 Å². The van der Waals surface area contributed by atoms with Gasteiger partial charge in [0, 0.05) is 25.3 Å². The molecule has 0 radical (unpaired) electrons. The van der Waals surface area contributed by atoms with E-state index in [1.807, 2.05) is 6.20 Å². The molecule has 4 rings (SSSR count). The largest absolute Gasteiger partial charge is 0.305 e. The van der Waals surface area contributed by atoms with Crippen LogP contribution in [0, 0.1) is 6.92 Å². The van der Waals surface area contributed by atoms with Crippen molar-refractivity contribution in [2.75, 3.05) is 0 Å². The number of rotatable bonds is 4. The topological polar surface area (TPSA) is 29.9 Å². The number of fused-ring (bicyclic) bond motifs is 1. The van der Waals surface area contributed by atoms with Crippen molar-refractivity contribution in [2.45, 2.75) is 38.9 Å². The second-order valence-electron chi connectivity index (χ2n) is 6.62. The van der Waals surface area contributed by atoms with E-state index < -0.39 is 0 Å². The molecule has 0 fully saturated rings. The van der Waals surface area contributed by atoms with Crippen LogP contribution in [0.1, 0.15) is 35.7 Å². The average molecular weight is 317 g/mol. The highest BCUT2D eigenvalue weighted by Gasteiger charge is 2.19. The molecule has 1 atom stereocenters. The van der Waals surface area contributed by atoms with Crippen LogP contribution in [0.3, 0.4) is 0 Å². The van der Waals surface area contributed by atoms with E-state index in [0.717, 1.165) is 13.1 Å². The van der Waals surface area contributed by atoms with Crippen molar-refractivity contribution in [3.05, 3.63) is 77.6 Å². The van der Waals surface area contributed by atoms with Crippen molar-refractivity contribution in [2.24, 2.45) is 0 Å². The zero-order valence-electron chi connectivity index (χ0n) is 14.1. The van der Waals surface area contributed by atoms with E-state index >= 15 is 0 Å². The predicted octanol–water partition coefficient (Wildman–Crippen LogP) is 4.48. The summed E-state index contributed by atoms with van der Waals surface area (Å²) in [4.78, 5) is 0. The smallest absolute Gasteiger partial charge is 0.0553 e. The molecule has 0 saturated heterocycles. The fourth-order valence-electron chi connectivity index (χ4n) is 3.51. The fourth-order valence-corrected chi connectivity index (χ4v) is 3.51. The summed E-state index contributed by atoms with van der Waals surface area (Å²) < 4.78 is 2.13. The van der Waals surface area contributed by atoms with Crippen LogP contribution in [-0.4, -0.2) is 9.78 Å². The Hall–Kier alpha value is -2.39. The van der Waals surface area contributed by atoms with E-state index in [2.05, 4.69) is 76.6 Å². The summed E-state index contributed by atoms with van der Waals surface area (Å²) in [6.45, 7) is 4.08. The number of aryl methyl sites for hydroxylation is 2. The summed E-state index contributed by atoms with van der Waals surface area (Å²) in [5, 5.41) is 8.08. The average Bonchev–Trinajstić information content (AvgIpc) is 3.10. The lowest BCUT2D eigenvalue weighted by Gasteiger charge is -2.24. The Morgan fingerprint density at radius 3 is 2.79 bits per heavy atom. The van der Waals surface area contributed by atoms with Gasteiger partial charge in [0.1, 0.15) is 0 Å². The first kappa shape index (κ1) is 15.2. The molecule has 3 aromatic rings. The maximum atomic E-state index is 4.39. The van der Waals surface area contributed by atoms with Crippen LogP contribution in [0.2, 0.25) is 0 Å². The second kappa shape index (κ2) is 6.62. The molecule has 1 aliphatic heterocycles. The highest BCUT2D eigenvalue weighted by atomic mass is 15.3. The summed E-state index contributed by atoms with van der Waals surface area (Å²) in [6, 6.07) is 20.1. The van der Waals surface area contributed by atoms with Crippen molar-refractivity contribution in [1.82, 2.24) is 15.1 Å². The summed E-state index contributed by atoms with van der Waals surface area (Å²) in [5.74, 6) is 0. The minimum atomic E-state index is 0.415. The number of hydrogen-bond acceptors (Lipinski definition) is 2. The van der Waals surface area contributed by atoms with Crippen LogP contribution in [0.25, 0.3) is 11.1 Å². The lowest BCUT2D eigenvalue weighted by Crippen LogP contribution is -2.27. The van der Waals surface area contributed by atoms with Gasteiger partial charge in [-0.3, -0.25) is 4.68 Å². The maximum Gasteiger partial charge on any atom is 0.0553 e. The molecule has 24 heavy (non-hydrogen) atoms. The maximum absolute atomic E-state index is 4.39. The lowest BCUT2D eigenvalue weighted by molar-refractivity contribution is 0.374. The van der Waals surface area contributed by atoms with Gasteiger partial charge < -0.3 is 5.32 Å². The third-order valence-corrected chi connectivity index (χ3v) is 4.83. The molecule has 0 aliphatic carbocycles. The molecular formula is C21H23N3. The Balaban J connectivity index is 1.43. The first-order valence-electron chi connectivity index (χ1n) is 8.71. The molecule has 122 valence electrons. The van der Waals surface area contributed by atoms with Gasteiger partial charge in [0.2, 0.25) is 0 Å². The van der Waals surface area contributed by atoms with Crippen LogP contribution in [0.15, 0.2) is 60.8 Å². The molecule has 0 amide bonds. The number of hydrogen-bond donors (Lipinski definition) is 1. The summed E-state index contributed by atoms with van der Waals surface area (Å²) >= 11 is 0. The Morgan fingerprint density at radius 2 is 1.96 bits per heavy atom. The van der Waals surface area contributed by atoms with Gasteiger partial charge in [-0.1, -0.05) is 54.1 Å². The number of benzene rings is 2. The zero-order chi connectivity index (χ0) is 16.4. The number of nitrogens with zero attached hydrogens (tertiary/aromatic N) is 2. The summed E-state index contributed by atoms with van der Waals surface area (Å²) in [5.41, 5.74) is 6.50. The molecule has 0 saturated carbocycles. The Morgan fingerprint density at radius 1 is 1.08 bits per heavy atom. The van der Waals surface area contributed by atoms with Crippen LogP contribution < -0.4 is 5.32 Å². The van der Waals surface area contributed by atoms with Crippen LogP contribution in [-0.2, 0) is 13.1 Å². The third-order valence-electron chi connectivity index (χ3n) is 4.83. The molecule has 0 spiro atoms. The Labute approximate surface area is 143 Å². The Bertz CT molecular complexity index is 817. The molecule has 3 heteroatoms. The normalized spacial score (nSPS) is 16.8. The van der Waals surface area contributed by atoms with Crippen molar-refractivity contribution < 1.29 is 0 Å². The van der Waals surface area contributed by atoms with E-state index in [4.69, 9.17) is 0 Å². The minimum Gasteiger partial charge on any atom is -0.305 e. The van der Waals surface area contributed by atoms with Crippen LogP contribution >= 0.6 is 0 Å². The molecular weight excluding hydrogens is 294 g/mol. The quantitative estimate of drug-likeness (QED) is 0.768. The molecule has 2 aromatic carbocycles. The SMILES string of the molecule is Cc1cccc(-c2ccc(CNC3CCCn4nccc43)cc2)c1. The lowest BCUT2D eigenvalue weighted by atomic mass is 10.0. The standard InChI is InChI=1S/C21H23N3/c1-16-4-2-5-19(14-16)18-9-7-17(8-10-18)15-22-20-6-3-13-24-21(20)11-12-23-24/h2,4-5,7-12,14,20,22H,3,6,13,15H2,1H3. The predicted molar refractivity (Wildman–Crippen MR) is 97.7 cm³/mol. The molecule has 1 aliphatic rings. The van der Waals surface area contributed by atoms with E-state index in [1.165, 1.54) is 40.8 Å². The Kier molecular flexibility index (Phi) is 4.18. The summed E-state index contributed by atoms with van der Waals surface area (Å²) in [6.07, 6.45) is 4.29. The summed E-state index contributed by atoms with van der Waals surface area (Å²) in [7, 11) is 0. The molecule has 1 N–H and O–H groups in total. The second-order valence-corrected chi connectivity index (χ2v) is 6.62. The molecule has 2 heterocycles. The van der Waals surface area contributed by atoms with E-state index in [1.54, 1.807) is 0 Å². The van der Waals surface area contributed by atoms with Crippen molar-refractivity contribution in [3.8, 4) is 11.1 Å². The highest BCUT2D eigenvalue weighted by molar-refractivity contribution is 5.64. The van der Waals surface area contributed by atoms with Gasteiger partial charge in [-0.15, -0.1) is 0 Å².